The van der Waals surface area contributed by atoms with Gasteiger partial charge in [0.2, 0.25) is 5.88 Å². The van der Waals surface area contributed by atoms with Gasteiger partial charge in [-0.1, -0.05) is 30.9 Å². The van der Waals surface area contributed by atoms with E-state index >= 15 is 0 Å². The van der Waals surface area contributed by atoms with E-state index in [1.165, 1.54) is 19.3 Å². The molecule has 3 nitrogen and oxygen atoms in total. The van der Waals surface area contributed by atoms with Gasteiger partial charge in [0.05, 0.1) is 6.61 Å². The van der Waals surface area contributed by atoms with Crippen molar-refractivity contribution in [3.63, 3.8) is 0 Å². The number of hydrogen-bond acceptors (Lipinski definition) is 3. The SMILES string of the molecule is Cc1nc(Cl)c(C)c(OCCC2CCC2)n1. The third kappa shape index (κ3) is 2.64. The molecule has 1 saturated carbocycles. The predicted molar refractivity (Wildman–Crippen MR) is 64.0 cm³/mol. The summed E-state index contributed by atoms with van der Waals surface area (Å²) in [6.07, 6.45) is 5.21. The number of rotatable bonds is 4. The molecule has 88 valence electrons. The van der Waals surface area contributed by atoms with Gasteiger partial charge in [0.25, 0.3) is 0 Å². The molecule has 0 radical (unpaired) electrons. The van der Waals surface area contributed by atoms with Gasteiger partial charge in [-0.3, -0.25) is 0 Å². The van der Waals surface area contributed by atoms with E-state index in [1.54, 1.807) is 0 Å². The Labute approximate surface area is 101 Å². The van der Waals surface area contributed by atoms with Crippen LogP contribution in [0.25, 0.3) is 0 Å². The van der Waals surface area contributed by atoms with Crippen LogP contribution < -0.4 is 4.74 Å². The summed E-state index contributed by atoms with van der Waals surface area (Å²) >= 11 is 5.97. The van der Waals surface area contributed by atoms with Crippen molar-refractivity contribution in [2.75, 3.05) is 6.61 Å². The molecule has 1 aromatic heterocycles. The molecule has 1 aliphatic carbocycles. The third-order valence-corrected chi connectivity index (χ3v) is 3.51. The molecule has 0 aromatic carbocycles. The van der Waals surface area contributed by atoms with Crippen LogP contribution in [0.1, 0.15) is 37.1 Å². The standard InChI is InChI=1S/C12H17ClN2O/c1-8-11(13)14-9(2)15-12(8)16-7-6-10-4-3-5-10/h10H,3-7H2,1-2H3. The molecule has 4 heteroatoms. The first-order valence-corrected chi connectivity index (χ1v) is 6.18. The second-order valence-electron chi connectivity index (χ2n) is 4.43. The first kappa shape index (κ1) is 11.6. The van der Waals surface area contributed by atoms with Gasteiger partial charge in [0.1, 0.15) is 11.0 Å². The lowest BCUT2D eigenvalue weighted by Crippen LogP contribution is -2.15. The zero-order valence-electron chi connectivity index (χ0n) is 9.79. The Kier molecular flexibility index (Phi) is 3.64. The maximum atomic E-state index is 5.97. The van der Waals surface area contributed by atoms with Gasteiger partial charge in [0, 0.05) is 5.56 Å². The molecule has 0 saturated heterocycles. The Morgan fingerprint density at radius 1 is 1.31 bits per heavy atom. The Morgan fingerprint density at radius 2 is 2.06 bits per heavy atom. The minimum Gasteiger partial charge on any atom is -0.477 e. The molecule has 0 atom stereocenters. The van der Waals surface area contributed by atoms with E-state index in [0.29, 0.717) is 16.9 Å². The van der Waals surface area contributed by atoms with Crippen molar-refractivity contribution < 1.29 is 4.74 Å². The van der Waals surface area contributed by atoms with Crippen molar-refractivity contribution in [1.29, 1.82) is 0 Å². The van der Waals surface area contributed by atoms with Gasteiger partial charge in [-0.2, -0.15) is 4.98 Å². The lowest BCUT2D eigenvalue weighted by Gasteiger charge is -2.25. The van der Waals surface area contributed by atoms with Gasteiger partial charge in [0.15, 0.2) is 0 Å². The fourth-order valence-electron chi connectivity index (χ4n) is 1.81. The molecule has 1 heterocycles. The summed E-state index contributed by atoms with van der Waals surface area (Å²) in [5, 5.41) is 0.492. The molecule has 2 rings (SSSR count). The lowest BCUT2D eigenvalue weighted by molar-refractivity contribution is 0.216. The van der Waals surface area contributed by atoms with Gasteiger partial charge in [-0.05, 0) is 26.2 Å². The zero-order valence-corrected chi connectivity index (χ0v) is 10.5. The third-order valence-electron chi connectivity index (χ3n) is 3.14. The fraction of sp³-hybridized carbons (Fsp3) is 0.667. The van der Waals surface area contributed by atoms with Gasteiger partial charge < -0.3 is 4.74 Å². The smallest absolute Gasteiger partial charge is 0.221 e. The molecule has 0 spiro atoms. The molecular formula is C12H17ClN2O. The summed E-state index contributed by atoms with van der Waals surface area (Å²) in [4.78, 5) is 8.34. The highest BCUT2D eigenvalue weighted by atomic mass is 35.5. The zero-order chi connectivity index (χ0) is 11.5. The molecule has 0 unspecified atom stereocenters. The first-order valence-electron chi connectivity index (χ1n) is 5.80. The quantitative estimate of drug-likeness (QED) is 0.758. The summed E-state index contributed by atoms with van der Waals surface area (Å²) < 4.78 is 5.67. The highest BCUT2D eigenvalue weighted by Gasteiger charge is 2.17. The minimum atomic E-state index is 0.492. The van der Waals surface area contributed by atoms with Crippen molar-refractivity contribution in [2.24, 2.45) is 5.92 Å². The summed E-state index contributed by atoms with van der Waals surface area (Å²) in [6.45, 7) is 4.45. The molecule has 0 amide bonds. The minimum absolute atomic E-state index is 0.492. The van der Waals surface area contributed by atoms with E-state index in [-0.39, 0.29) is 0 Å². The highest BCUT2D eigenvalue weighted by molar-refractivity contribution is 6.30. The first-order chi connectivity index (χ1) is 7.66. The Bertz CT molecular complexity index is 378. The van der Waals surface area contributed by atoms with E-state index in [4.69, 9.17) is 16.3 Å². The van der Waals surface area contributed by atoms with Crippen LogP contribution in [0.2, 0.25) is 5.15 Å². The average molecular weight is 241 g/mol. The Hall–Kier alpha value is -0.830. The van der Waals surface area contributed by atoms with Crippen LogP contribution in [0.5, 0.6) is 5.88 Å². The molecule has 0 aliphatic heterocycles. The van der Waals surface area contributed by atoms with E-state index in [0.717, 1.165) is 24.5 Å². The largest absolute Gasteiger partial charge is 0.477 e. The van der Waals surface area contributed by atoms with Crippen molar-refractivity contribution >= 4 is 11.6 Å². The number of aromatic nitrogens is 2. The van der Waals surface area contributed by atoms with E-state index in [1.807, 2.05) is 13.8 Å². The summed E-state index contributed by atoms with van der Waals surface area (Å²) in [5.41, 5.74) is 0.834. The number of ether oxygens (including phenoxy) is 1. The number of aryl methyl sites for hydroxylation is 1. The second-order valence-corrected chi connectivity index (χ2v) is 4.78. The summed E-state index contributed by atoms with van der Waals surface area (Å²) in [6, 6.07) is 0. The second kappa shape index (κ2) is 5.00. The van der Waals surface area contributed by atoms with Gasteiger partial charge in [-0.25, -0.2) is 4.98 Å². The Balaban J connectivity index is 1.92. The van der Waals surface area contributed by atoms with Crippen LogP contribution in [-0.2, 0) is 0 Å². The maximum Gasteiger partial charge on any atom is 0.221 e. The van der Waals surface area contributed by atoms with Crippen LogP contribution in [0.15, 0.2) is 0 Å². The van der Waals surface area contributed by atoms with E-state index < -0.39 is 0 Å². The number of hydrogen-bond donors (Lipinski definition) is 0. The molecular weight excluding hydrogens is 224 g/mol. The molecule has 0 bridgehead atoms. The average Bonchev–Trinajstić information content (AvgIpc) is 2.16. The maximum absolute atomic E-state index is 5.97. The van der Waals surface area contributed by atoms with Crippen molar-refractivity contribution in [3.05, 3.63) is 16.5 Å². The topological polar surface area (TPSA) is 35.0 Å². The van der Waals surface area contributed by atoms with Crippen LogP contribution in [-0.4, -0.2) is 16.6 Å². The summed E-state index contributed by atoms with van der Waals surface area (Å²) in [7, 11) is 0. The van der Waals surface area contributed by atoms with E-state index in [2.05, 4.69) is 9.97 Å². The predicted octanol–water partition coefficient (Wildman–Crippen LogP) is 3.32. The fourth-order valence-corrected chi connectivity index (χ4v) is 2.02. The molecule has 1 aromatic rings. The van der Waals surface area contributed by atoms with E-state index in [9.17, 15) is 0 Å². The van der Waals surface area contributed by atoms with Gasteiger partial charge >= 0.3 is 0 Å². The molecule has 0 N–H and O–H groups in total. The number of halogens is 1. The normalized spacial score (nSPS) is 15.9. The Morgan fingerprint density at radius 3 is 2.69 bits per heavy atom. The highest BCUT2D eigenvalue weighted by Crippen LogP contribution is 2.29. The van der Waals surface area contributed by atoms with Crippen LogP contribution >= 0.6 is 11.6 Å². The van der Waals surface area contributed by atoms with Crippen molar-refractivity contribution in [3.8, 4) is 5.88 Å². The number of nitrogens with zero attached hydrogens (tertiary/aromatic N) is 2. The monoisotopic (exact) mass is 240 g/mol. The van der Waals surface area contributed by atoms with Crippen LogP contribution in [0.3, 0.4) is 0 Å². The van der Waals surface area contributed by atoms with Crippen molar-refractivity contribution in [1.82, 2.24) is 9.97 Å². The van der Waals surface area contributed by atoms with Crippen molar-refractivity contribution in [2.45, 2.75) is 39.5 Å². The van der Waals surface area contributed by atoms with Crippen LogP contribution in [0, 0.1) is 19.8 Å². The van der Waals surface area contributed by atoms with Crippen LogP contribution in [0.4, 0.5) is 0 Å². The molecule has 1 aliphatic rings. The van der Waals surface area contributed by atoms with Gasteiger partial charge in [-0.15, -0.1) is 0 Å². The summed E-state index contributed by atoms with van der Waals surface area (Å²) in [5.74, 6) is 2.16. The molecule has 16 heavy (non-hydrogen) atoms. The molecule has 1 fully saturated rings. The lowest BCUT2D eigenvalue weighted by atomic mass is 9.83.